The number of hydrogen-bond donors (Lipinski definition) is 3. The van der Waals surface area contributed by atoms with Gasteiger partial charge < -0.3 is 15.6 Å². The summed E-state index contributed by atoms with van der Waals surface area (Å²) in [5.41, 5.74) is 0. The predicted octanol–water partition coefficient (Wildman–Crippen LogP) is 2.58. The van der Waals surface area contributed by atoms with Crippen molar-refractivity contribution < 1.29 is 55.6 Å². The van der Waals surface area contributed by atoms with E-state index >= 15 is 0 Å². The Morgan fingerprint density at radius 2 is 0.545 bits per heavy atom. The second kappa shape index (κ2) is 15.6. The second-order valence-electron chi connectivity index (χ2n) is 6.04. The molecule has 0 aromatic carbocycles. The molecule has 7 heteroatoms. The first kappa shape index (κ1) is 23.1. The predicted molar refractivity (Wildman–Crippen MR) is 81.6 cm³/mol. The number of hydrogen-bond acceptors (Lipinski definition) is 6. The standard InChI is InChI=1S/3C5H11NO.Gd/c3*7-6-4-2-1-3-5-6;/h3*7H,1-5H2;. The molecule has 6 nitrogen and oxygen atoms in total. The van der Waals surface area contributed by atoms with Gasteiger partial charge in [0.15, 0.2) is 0 Å². The molecule has 0 aliphatic carbocycles. The molecule has 22 heavy (non-hydrogen) atoms. The van der Waals surface area contributed by atoms with Crippen molar-refractivity contribution in [1.29, 1.82) is 0 Å². The maximum absolute atomic E-state index is 8.74. The van der Waals surface area contributed by atoms with Gasteiger partial charge in [-0.25, -0.2) is 0 Å². The minimum absolute atomic E-state index is 0. The quantitative estimate of drug-likeness (QED) is 0.516. The maximum atomic E-state index is 8.74. The summed E-state index contributed by atoms with van der Waals surface area (Å²) in [4.78, 5) is 0. The Hall–Kier alpha value is 1.08. The number of piperidine rings is 3. The van der Waals surface area contributed by atoms with E-state index in [2.05, 4.69) is 0 Å². The van der Waals surface area contributed by atoms with Gasteiger partial charge in [0.1, 0.15) is 0 Å². The van der Waals surface area contributed by atoms with Crippen LogP contribution < -0.4 is 0 Å². The van der Waals surface area contributed by atoms with Crippen LogP contribution in [0.3, 0.4) is 0 Å². The third kappa shape index (κ3) is 13.5. The molecule has 3 N–H and O–H groups in total. The number of hydroxylamine groups is 6. The van der Waals surface area contributed by atoms with Gasteiger partial charge in [-0.1, -0.05) is 19.3 Å². The zero-order valence-corrected chi connectivity index (χ0v) is 15.9. The Labute approximate surface area is 167 Å². The fourth-order valence-electron chi connectivity index (χ4n) is 2.63. The largest absolute Gasteiger partial charge is 0.314 e. The molecule has 3 saturated heterocycles. The van der Waals surface area contributed by atoms with Crippen LogP contribution in [0.15, 0.2) is 0 Å². The molecular formula is C15H33GdN3O3. The summed E-state index contributed by atoms with van der Waals surface area (Å²) < 4.78 is 0. The fourth-order valence-corrected chi connectivity index (χ4v) is 2.63. The van der Waals surface area contributed by atoms with Crippen LogP contribution in [0.2, 0.25) is 0 Å². The first-order valence-corrected chi connectivity index (χ1v) is 8.50. The molecule has 3 rings (SSSR count). The molecule has 0 aromatic heterocycles. The summed E-state index contributed by atoms with van der Waals surface area (Å²) >= 11 is 0. The number of nitrogens with zero attached hydrogens (tertiary/aromatic N) is 3. The average molecular weight is 461 g/mol. The fraction of sp³-hybridized carbons (Fsp3) is 1.00. The van der Waals surface area contributed by atoms with Crippen molar-refractivity contribution in [2.75, 3.05) is 39.3 Å². The van der Waals surface area contributed by atoms with Crippen molar-refractivity contribution in [3.8, 4) is 0 Å². The van der Waals surface area contributed by atoms with Gasteiger partial charge in [0.05, 0.1) is 0 Å². The van der Waals surface area contributed by atoms with Crippen LogP contribution in [0.5, 0.6) is 0 Å². The Balaban J connectivity index is 0.000000294. The Morgan fingerprint density at radius 3 is 0.636 bits per heavy atom. The van der Waals surface area contributed by atoms with Gasteiger partial charge in [0.25, 0.3) is 0 Å². The van der Waals surface area contributed by atoms with Gasteiger partial charge in [-0.05, 0) is 38.5 Å². The van der Waals surface area contributed by atoms with Crippen molar-refractivity contribution in [3.05, 3.63) is 0 Å². The molecule has 3 aliphatic heterocycles. The van der Waals surface area contributed by atoms with Crippen molar-refractivity contribution in [3.63, 3.8) is 0 Å². The smallest absolute Gasteiger partial charge is 0.0238 e. The van der Waals surface area contributed by atoms with E-state index < -0.39 is 0 Å². The Morgan fingerprint density at radius 1 is 0.364 bits per heavy atom. The topological polar surface area (TPSA) is 70.4 Å². The van der Waals surface area contributed by atoms with E-state index in [-0.39, 0.29) is 39.9 Å². The van der Waals surface area contributed by atoms with Crippen molar-refractivity contribution in [2.45, 2.75) is 57.8 Å². The zero-order chi connectivity index (χ0) is 15.3. The number of rotatable bonds is 0. The minimum Gasteiger partial charge on any atom is -0.314 e. The summed E-state index contributed by atoms with van der Waals surface area (Å²) in [6.45, 7) is 5.25. The molecule has 3 heterocycles. The average Bonchev–Trinajstić information content (AvgIpc) is 2.51. The maximum Gasteiger partial charge on any atom is 0.0238 e. The van der Waals surface area contributed by atoms with Crippen molar-refractivity contribution in [1.82, 2.24) is 15.2 Å². The molecule has 0 amide bonds. The summed E-state index contributed by atoms with van der Waals surface area (Å²) in [5, 5.41) is 30.4. The summed E-state index contributed by atoms with van der Waals surface area (Å²) in [7, 11) is 0. The summed E-state index contributed by atoms with van der Waals surface area (Å²) in [6.07, 6.45) is 10.8. The summed E-state index contributed by atoms with van der Waals surface area (Å²) in [5.74, 6) is 0. The molecule has 0 spiro atoms. The van der Waals surface area contributed by atoms with Gasteiger partial charge in [-0.3, -0.25) is 0 Å². The van der Waals surface area contributed by atoms with Crippen LogP contribution in [0.1, 0.15) is 57.8 Å². The van der Waals surface area contributed by atoms with E-state index in [4.69, 9.17) is 15.6 Å². The monoisotopic (exact) mass is 461 g/mol. The van der Waals surface area contributed by atoms with Crippen LogP contribution in [-0.4, -0.2) is 70.1 Å². The Bertz CT molecular complexity index is 194. The third-order valence-electron chi connectivity index (χ3n) is 4.00. The van der Waals surface area contributed by atoms with Gasteiger partial charge in [0.2, 0.25) is 0 Å². The van der Waals surface area contributed by atoms with Crippen LogP contribution >= 0.6 is 0 Å². The van der Waals surface area contributed by atoms with Crippen molar-refractivity contribution in [2.24, 2.45) is 0 Å². The molecule has 0 saturated carbocycles. The molecular weight excluding hydrogens is 427 g/mol. The van der Waals surface area contributed by atoms with Crippen LogP contribution in [0, 0.1) is 39.9 Å². The SMILES string of the molecule is ON1CCCCC1.ON1CCCCC1.ON1CCCCC1.[Gd]. The van der Waals surface area contributed by atoms with E-state index in [1.54, 1.807) is 0 Å². The molecule has 3 aliphatic rings. The van der Waals surface area contributed by atoms with Crippen LogP contribution in [0.25, 0.3) is 0 Å². The molecule has 0 aromatic rings. The molecule has 0 unspecified atom stereocenters. The normalized spacial score (nSPS) is 24.1. The molecule has 0 atom stereocenters. The van der Waals surface area contributed by atoms with Gasteiger partial charge >= 0.3 is 0 Å². The molecule has 134 valence electrons. The van der Waals surface area contributed by atoms with E-state index in [1.807, 2.05) is 0 Å². The molecule has 0 radical (unpaired) electrons. The van der Waals surface area contributed by atoms with Crippen LogP contribution in [-0.2, 0) is 0 Å². The van der Waals surface area contributed by atoms with Crippen molar-refractivity contribution >= 4 is 0 Å². The molecule has 3 fully saturated rings. The van der Waals surface area contributed by atoms with E-state index in [0.717, 1.165) is 77.8 Å². The summed E-state index contributed by atoms with van der Waals surface area (Å²) in [6, 6.07) is 0. The minimum atomic E-state index is 0. The van der Waals surface area contributed by atoms with Gasteiger partial charge in [-0.2, -0.15) is 15.2 Å². The van der Waals surface area contributed by atoms with Gasteiger partial charge in [0, 0.05) is 79.2 Å². The first-order valence-electron chi connectivity index (χ1n) is 8.50. The van der Waals surface area contributed by atoms with E-state index in [0.29, 0.717) is 0 Å². The second-order valence-corrected chi connectivity index (χ2v) is 6.04. The molecule has 0 bridgehead atoms. The first-order chi connectivity index (χ1) is 10.2. The van der Waals surface area contributed by atoms with E-state index in [1.165, 1.54) is 34.5 Å². The van der Waals surface area contributed by atoms with E-state index in [9.17, 15) is 0 Å². The van der Waals surface area contributed by atoms with Crippen LogP contribution in [0.4, 0.5) is 0 Å². The Kier molecular flexibility index (Phi) is 16.4. The third-order valence-corrected chi connectivity index (χ3v) is 4.00. The zero-order valence-electron chi connectivity index (χ0n) is 13.6. The van der Waals surface area contributed by atoms with Gasteiger partial charge in [-0.15, -0.1) is 0 Å².